The van der Waals surface area contributed by atoms with Crippen molar-refractivity contribution in [2.75, 3.05) is 30.4 Å². The molecule has 2 rings (SSSR count). The Bertz CT molecular complexity index is 805. The number of rotatable bonds is 8. The summed E-state index contributed by atoms with van der Waals surface area (Å²) >= 11 is 6.14. The number of carbonyl (C=O) groups excluding carboxylic acids is 2. The number of amides is 1. The van der Waals surface area contributed by atoms with Crippen molar-refractivity contribution in [1.29, 1.82) is 0 Å². The highest BCUT2D eigenvalue weighted by atomic mass is 35.5. The van der Waals surface area contributed by atoms with Crippen LogP contribution in [0.2, 0.25) is 5.02 Å². The fourth-order valence-electron chi connectivity index (χ4n) is 2.70. The third-order valence-electron chi connectivity index (χ3n) is 3.96. The van der Waals surface area contributed by atoms with Crippen LogP contribution in [-0.4, -0.2) is 37.1 Å². The fourth-order valence-corrected chi connectivity index (χ4v) is 2.87. The second-order valence-corrected chi connectivity index (χ2v) is 6.43. The Morgan fingerprint density at radius 3 is 2.48 bits per heavy atom. The zero-order valence-electron chi connectivity index (χ0n) is 15.8. The minimum Gasteiger partial charge on any atom is -0.465 e. The monoisotopic (exact) mass is 389 g/mol. The van der Waals surface area contributed by atoms with Crippen LogP contribution in [-0.2, 0) is 4.74 Å². The molecule has 7 heteroatoms. The third kappa shape index (κ3) is 5.44. The minimum absolute atomic E-state index is 0.282. The predicted molar refractivity (Wildman–Crippen MR) is 108 cm³/mol. The van der Waals surface area contributed by atoms with Crippen LogP contribution in [0.5, 0.6) is 0 Å². The molecule has 0 radical (unpaired) electrons. The highest BCUT2D eigenvalue weighted by Gasteiger charge is 2.15. The molecule has 1 amide bonds. The first-order valence-electron chi connectivity index (χ1n) is 8.90. The molecule has 0 unspecified atom stereocenters. The summed E-state index contributed by atoms with van der Waals surface area (Å²) in [6, 6.07) is 8.22. The lowest BCUT2D eigenvalue weighted by atomic mass is 10.2. The molecule has 1 aromatic heterocycles. The maximum Gasteiger partial charge on any atom is 0.337 e. The maximum atomic E-state index is 12.6. The first kappa shape index (κ1) is 20.7. The van der Waals surface area contributed by atoms with Crippen molar-refractivity contribution >= 4 is 34.9 Å². The van der Waals surface area contributed by atoms with Crippen LogP contribution in [0.4, 0.5) is 11.4 Å². The van der Waals surface area contributed by atoms with Crippen molar-refractivity contribution in [3.8, 4) is 0 Å². The van der Waals surface area contributed by atoms with Crippen LogP contribution in [0.3, 0.4) is 0 Å². The van der Waals surface area contributed by atoms with E-state index in [-0.39, 0.29) is 5.69 Å². The molecule has 2 aromatic rings. The Morgan fingerprint density at radius 2 is 1.85 bits per heavy atom. The summed E-state index contributed by atoms with van der Waals surface area (Å²) in [5.41, 5.74) is 1.87. The molecule has 0 bridgehead atoms. The number of pyridine rings is 1. The van der Waals surface area contributed by atoms with E-state index >= 15 is 0 Å². The zero-order valence-corrected chi connectivity index (χ0v) is 16.5. The number of nitrogens with zero attached hydrogens (tertiary/aromatic N) is 2. The minimum atomic E-state index is -0.503. The molecule has 0 aliphatic carbocycles. The summed E-state index contributed by atoms with van der Waals surface area (Å²) < 4.78 is 4.70. The molecule has 0 aliphatic rings. The SMILES string of the molecule is CCCN(CCC)c1ccnc(C(=O)Nc2cc(C(=O)OC)ccc2Cl)c1. The number of aromatic nitrogens is 1. The first-order chi connectivity index (χ1) is 13.0. The van der Waals surface area contributed by atoms with Gasteiger partial charge in [0.25, 0.3) is 5.91 Å². The average Bonchev–Trinajstić information content (AvgIpc) is 2.69. The summed E-state index contributed by atoms with van der Waals surface area (Å²) in [5, 5.41) is 3.04. The Morgan fingerprint density at radius 1 is 1.15 bits per heavy atom. The van der Waals surface area contributed by atoms with Crippen LogP contribution in [0.15, 0.2) is 36.5 Å². The average molecular weight is 390 g/mol. The Hall–Kier alpha value is -2.60. The Kier molecular flexibility index (Phi) is 7.61. The molecule has 1 N–H and O–H groups in total. The van der Waals surface area contributed by atoms with Gasteiger partial charge in [-0.1, -0.05) is 25.4 Å². The highest BCUT2D eigenvalue weighted by molar-refractivity contribution is 6.34. The van der Waals surface area contributed by atoms with E-state index in [0.29, 0.717) is 16.3 Å². The summed E-state index contributed by atoms with van der Waals surface area (Å²) in [5.74, 6) is -0.897. The van der Waals surface area contributed by atoms with Crippen LogP contribution >= 0.6 is 11.6 Å². The normalized spacial score (nSPS) is 10.4. The van der Waals surface area contributed by atoms with Crippen molar-refractivity contribution in [2.24, 2.45) is 0 Å². The van der Waals surface area contributed by atoms with Gasteiger partial charge in [-0.25, -0.2) is 4.79 Å². The fraction of sp³-hybridized carbons (Fsp3) is 0.350. The molecule has 0 saturated heterocycles. The Balaban J connectivity index is 2.23. The summed E-state index contributed by atoms with van der Waals surface area (Å²) in [7, 11) is 1.29. The van der Waals surface area contributed by atoms with Gasteiger partial charge in [-0.2, -0.15) is 0 Å². The van der Waals surface area contributed by atoms with Gasteiger partial charge in [0, 0.05) is 25.0 Å². The number of hydrogen-bond donors (Lipinski definition) is 1. The topological polar surface area (TPSA) is 71.5 Å². The highest BCUT2D eigenvalue weighted by Crippen LogP contribution is 2.24. The maximum absolute atomic E-state index is 12.6. The summed E-state index contributed by atoms with van der Waals surface area (Å²) in [4.78, 5) is 30.7. The molecule has 27 heavy (non-hydrogen) atoms. The molecule has 1 aromatic carbocycles. The van der Waals surface area contributed by atoms with E-state index < -0.39 is 11.9 Å². The number of halogens is 1. The van der Waals surface area contributed by atoms with Crippen molar-refractivity contribution < 1.29 is 14.3 Å². The lowest BCUT2D eigenvalue weighted by Crippen LogP contribution is -2.25. The van der Waals surface area contributed by atoms with E-state index in [4.69, 9.17) is 16.3 Å². The number of esters is 1. The van der Waals surface area contributed by atoms with Gasteiger partial charge in [-0.05, 0) is 43.2 Å². The second kappa shape index (κ2) is 9.92. The number of benzene rings is 1. The van der Waals surface area contributed by atoms with Crippen molar-refractivity contribution in [3.05, 3.63) is 52.8 Å². The van der Waals surface area contributed by atoms with Gasteiger partial charge in [-0.15, -0.1) is 0 Å². The molecular formula is C20H24ClN3O3. The van der Waals surface area contributed by atoms with Crippen LogP contribution < -0.4 is 10.2 Å². The van der Waals surface area contributed by atoms with Crippen molar-refractivity contribution in [2.45, 2.75) is 26.7 Å². The van der Waals surface area contributed by atoms with Gasteiger partial charge in [0.1, 0.15) is 5.69 Å². The first-order valence-corrected chi connectivity index (χ1v) is 9.28. The smallest absolute Gasteiger partial charge is 0.337 e. The quantitative estimate of drug-likeness (QED) is 0.677. The molecule has 144 valence electrons. The van der Waals surface area contributed by atoms with Gasteiger partial charge < -0.3 is 15.0 Å². The van der Waals surface area contributed by atoms with Crippen molar-refractivity contribution in [3.63, 3.8) is 0 Å². The van der Waals surface area contributed by atoms with E-state index in [1.165, 1.54) is 25.3 Å². The van der Waals surface area contributed by atoms with Gasteiger partial charge in [0.2, 0.25) is 0 Å². The van der Waals surface area contributed by atoms with Crippen LogP contribution in [0, 0.1) is 0 Å². The number of methoxy groups -OCH3 is 1. The third-order valence-corrected chi connectivity index (χ3v) is 4.29. The molecule has 0 spiro atoms. The lowest BCUT2D eigenvalue weighted by molar-refractivity contribution is 0.0600. The van der Waals surface area contributed by atoms with Gasteiger partial charge >= 0.3 is 5.97 Å². The molecule has 0 atom stereocenters. The Labute approximate surface area is 164 Å². The number of hydrogen-bond acceptors (Lipinski definition) is 5. The molecule has 1 heterocycles. The van der Waals surface area contributed by atoms with Crippen LogP contribution in [0.25, 0.3) is 0 Å². The van der Waals surface area contributed by atoms with E-state index in [2.05, 4.69) is 29.0 Å². The zero-order chi connectivity index (χ0) is 19.8. The molecular weight excluding hydrogens is 366 g/mol. The number of carbonyl (C=O) groups is 2. The van der Waals surface area contributed by atoms with Gasteiger partial charge in [-0.3, -0.25) is 9.78 Å². The molecule has 6 nitrogen and oxygen atoms in total. The molecule has 0 fully saturated rings. The number of ether oxygens (including phenoxy) is 1. The van der Waals surface area contributed by atoms with Gasteiger partial charge in [0.05, 0.1) is 23.4 Å². The van der Waals surface area contributed by atoms with Crippen molar-refractivity contribution in [1.82, 2.24) is 4.98 Å². The summed E-state index contributed by atoms with van der Waals surface area (Å²) in [6.07, 6.45) is 3.65. The van der Waals surface area contributed by atoms with E-state index in [1.54, 1.807) is 12.3 Å². The second-order valence-electron chi connectivity index (χ2n) is 6.03. The number of nitrogens with one attached hydrogen (secondary N) is 1. The lowest BCUT2D eigenvalue weighted by Gasteiger charge is -2.24. The molecule has 0 saturated carbocycles. The van der Waals surface area contributed by atoms with E-state index in [0.717, 1.165) is 31.6 Å². The van der Waals surface area contributed by atoms with E-state index in [9.17, 15) is 9.59 Å². The summed E-state index contributed by atoms with van der Waals surface area (Å²) in [6.45, 7) is 6.05. The standard InChI is InChI=1S/C20H24ClN3O3/c1-4-10-24(11-5-2)15-8-9-22-18(13-15)19(25)23-17-12-14(20(26)27-3)6-7-16(17)21/h6-9,12-13H,4-5,10-11H2,1-3H3,(H,23,25). The predicted octanol–water partition coefficient (Wildman–Crippen LogP) is 4.40. The van der Waals surface area contributed by atoms with E-state index in [1.807, 2.05) is 6.07 Å². The van der Waals surface area contributed by atoms with Gasteiger partial charge in [0.15, 0.2) is 0 Å². The largest absolute Gasteiger partial charge is 0.465 e. The van der Waals surface area contributed by atoms with Crippen LogP contribution in [0.1, 0.15) is 47.5 Å². The molecule has 0 aliphatic heterocycles. The number of anilines is 2.